The van der Waals surface area contributed by atoms with Crippen molar-refractivity contribution >= 4 is 5.91 Å². The Kier molecular flexibility index (Phi) is 6.57. The Bertz CT molecular complexity index is 190. The van der Waals surface area contributed by atoms with Crippen LogP contribution in [0.25, 0.3) is 0 Å². The van der Waals surface area contributed by atoms with E-state index in [1.54, 1.807) is 0 Å². The van der Waals surface area contributed by atoms with Gasteiger partial charge in [-0.3, -0.25) is 4.79 Å². The normalized spacial score (nSPS) is 13.3. The van der Waals surface area contributed by atoms with Crippen molar-refractivity contribution in [3.8, 4) is 0 Å². The molecule has 0 rings (SSSR count). The van der Waals surface area contributed by atoms with Crippen LogP contribution in [0.5, 0.6) is 0 Å². The first-order chi connectivity index (χ1) is 6.90. The fraction of sp³-hybridized carbons (Fsp3) is 0.917. The monoisotopic (exact) mass is 214 g/mol. The second-order valence-corrected chi connectivity index (χ2v) is 4.86. The maximum absolute atomic E-state index is 12.0. The summed E-state index contributed by atoms with van der Waals surface area (Å²) in [5.41, 5.74) is 5.90. The summed E-state index contributed by atoms with van der Waals surface area (Å²) in [6.07, 6.45) is 1.75. The molecule has 0 fully saturated rings. The smallest absolute Gasteiger partial charge is 0.239 e. The van der Waals surface area contributed by atoms with E-state index in [0.29, 0.717) is 5.92 Å². The minimum Gasteiger partial charge on any atom is -0.339 e. The average molecular weight is 214 g/mol. The zero-order valence-corrected chi connectivity index (χ0v) is 10.8. The molecule has 0 heterocycles. The van der Waals surface area contributed by atoms with E-state index in [-0.39, 0.29) is 18.0 Å². The molecule has 0 aliphatic carbocycles. The zero-order valence-electron chi connectivity index (χ0n) is 10.8. The number of hydrogen-bond acceptors (Lipinski definition) is 2. The Hall–Kier alpha value is -0.570. The highest BCUT2D eigenvalue weighted by atomic mass is 16.2. The molecule has 0 aromatic carbocycles. The van der Waals surface area contributed by atoms with E-state index in [2.05, 4.69) is 20.8 Å². The lowest BCUT2D eigenvalue weighted by molar-refractivity contribution is -0.134. The summed E-state index contributed by atoms with van der Waals surface area (Å²) in [4.78, 5) is 13.9. The molecule has 3 heteroatoms. The molecule has 15 heavy (non-hydrogen) atoms. The van der Waals surface area contributed by atoms with Crippen LogP contribution in [0.4, 0.5) is 0 Å². The van der Waals surface area contributed by atoms with Gasteiger partial charge in [0.05, 0.1) is 6.04 Å². The van der Waals surface area contributed by atoms with E-state index in [1.807, 2.05) is 18.7 Å². The SMILES string of the molecule is CCCN(C(=O)C(N)CC(C)C)C(C)C. The lowest BCUT2D eigenvalue weighted by Gasteiger charge is -2.29. The molecule has 0 aromatic heterocycles. The van der Waals surface area contributed by atoms with Gasteiger partial charge in [0.25, 0.3) is 0 Å². The van der Waals surface area contributed by atoms with Crippen LogP contribution >= 0.6 is 0 Å². The number of carbonyl (C=O) groups is 1. The molecule has 0 aromatic rings. The van der Waals surface area contributed by atoms with Crippen LogP contribution in [-0.4, -0.2) is 29.4 Å². The molecule has 0 saturated carbocycles. The Morgan fingerprint density at radius 1 is 1.27 bits per heavy atom. The lowest BCUT2D eigenvalue weighted by atomic mass is 10.0. The Morgan fingerprint density at radius 2 is 1.80 bits per heavy atom. The predicted molar refractivity (Wildman–Crippen MR) is 64.6 cm³/mol. The van der Waals surface area contributed by atoms with Crippen LogP contribution in [0.15, 0.2) is 0 Å². The predicted octanol–water partition coefficient (Wildman–Crippen LogP) is 2.01. The first-order valence-electron chi connectivity index (χ1n) is 5.96. The molecule has 1 atom stereocenters. The average Bonchev–Trinajstić information content (AvgIpc) is 2.11. The van der Waals surface area contributed by atoms with Gasteiger partial charge in [0.15, 0.2) is 0 Å². The Morgan fingerprint density at radius 3 is 2.13 bits per heavy atom. The molecule has 1 unspecified atom stereocenters. The van der Waals surface area contributed by atoms with Gasteiger partial charge in [-0.1, -0.05) is 20.8 Å². The van der Waals surface area contributed by atoms with Gasteiger partial charge in [0, 0.05) is 12.6 Å². The quantitative estimate of drug-likeness (QED) is 0.735. The number of amides is 1. The summed E-state index contributed by atoms with van der Waals surface area (Å²) in [5, 5.41) is 0. The molecule has 2 N–H and O–H groups in total. The van der Waals surface area contributed by atoms with Gasteiger partial charge < -0.3 is 10.6 Å². The molecule has 3 nitrogen and oxygen atoms in total. The number of nitrogens with zero attached hydrogens (tertiary/aromatic N) is 1. The van der Waals surface area contributed by atoms with Crippen LogP contribution in [0.3, 0.4) is 0 Å². The van der Waals surface area contributed by atoms with Crippen molar-refractivity contribution in [1.82, 2.24) is 4.90 Å². The van der Waals surface area contributed by atoms with Gasteiger partial charge in [0.2, 0.25) is 5.91 Å². The number of carbonyl (C=O) groups excluding carboxylic acids is 1. The fourth-order valence-electron chi connectivity index (χ4n) is 1.69. The summed E-state index contributed by atoms with van der Waals surface area (Å²) in [5.74, 6) is 0.570. The molecule has 0 aliphatic heterocycles. The van der Waals surface area contributed by atoms with Crippen molar-refractivity contribution in [2.75, 3.05) is 6.54 Å². The summed E-state index contributed by atoms with van der Waals surface area (Å²) in [7, 11) is 0. The van der Waals surface area contributed by atoms with Crippen LogP contribution in [0.1, 0.15) is 47.5 Å². The summed E-state index contributed by atoms with van der Waals surface area (Å²) in [6.45, 7) is 11.1. The highest BCUT2D eigenvalue weighted by Crippen LogP contribution is 2.08. The minimum atomic E-state index is -0.334. The molecule has 0 radical (unpaired) electrons. The number of hydrogen-bond donors (Lipinski definition) is 1. The summed E-state index contributed by atoms with van der Waals surface area (Å²) in [6, 6.07) is -0.0883. The van der Waals surface area contributed by atoms with Gasteiger partial charge in [-0.2, -0.15) is 0 Å². The van der Waals surface area contributed by atoms with Crippen LogP contribution in [0.2, 0.25) is 0 Å². The van der Waals surface area contributed by atoms with E-state index in [0.717, 1.165) is 19.4 Å². The molecule has 0 saturated heterocycles. The first-order valence-corrected chi connectivity index (χ1v) is 5.96. The largest absolute Gasteiger partial charge is 0.339 e. The molecule has 1 amide bonds. The Labute approximate surface area is 94.0 Å². The summed E-state index contributed by atoms with van der Waals surface area (Å²) >= 11 is 0. The van der Waals surface area contributed by atoms with Crippen molar-refractivity contribution in [3.05, 3.63) is 0 Å². The third kappa shape index (κ3) is 5.17. The van der Waals surface area contributed by atoms with E-state index in [9.17, 15) is 4.79 Å². The molecule has 0 bridgehead atoms. The summed E-state index contributed by atoms with van der Waals surface area (Å²) < 4.78 is 0. The number of rotatable bonds is 6. The zero-order chi connectivity index (χ0) is 12.0. The van der Waals surface area contributed by atoms with Crippen LogP contribution in [-0.2, 0) is 4.79 Å². The van der Waals surface area contributed by atoms with Crippen molar-refractivity contribution < 1.29 is 4.79 Å². The second-order valence-electron chi connectivity index (χ2n) is 4.86. The van der Waals surface area contributed by atoms with Gasteiger partial charge in [-0.05, 0) is 32.6 Å². The molecular formula is C12H26N2O. The fourth-order valence-corrected chi connectivity index (χ4v) is 1.69. The molecular weight excluding hydrogens is 188 g/mol. The van der Waals surface area contributed by atoms with Crippen molar-refractivity contribution in [2.45, 2.75) is 59.5 Å². The van der Waals surface area contributed by atoms with Gasteiger partial charge in [0.1, 0.15) is 0 Å². The highest BCUT2D eigenvalue weighted by molar-refractivity contribution is 5.81. The van der Waals surface area contributed by atoms with Gasteiger partial charge in [-0.15, -0.1) is 0 Å². The minimum absolute atomic E-state index is 0.0977. The van der Waals surface area contributed by atoms with E-state index >= 15 is 0 Å². The lowest BCUT2D eigenvalue weighted by Crippen LogP contribution is -2.47. The van der Waals surface area contributed by atoms with Gasteiger partial charge in [-0.25, -0.2) is 0 Å². The molecule has 0 spiro atoms. The third-order valence-corrected chi connectivity index (χ3v) is 2.41. The van der Waals surface area contributed by atoms with Crippen molar-refractivity contribution in [3.63, 3.8) is 0 Å². The topological polar surface area (TPSA) is 46.3 Å². The van der Waals surface area contributed by atoms with Crippen LogP contribution in [0, 0.1) is 5.92 Å². The maximum Gasteiger partial charge on any atom is 0.239 e. The number of nitrogens with two attached hydrogens (primary N) is 1. The van der Waals surface area contributed by atoms with Crippen LogP contribution < -0.4 is 5.73 Å². The second kappa shape index (κ2) is 6.83. The van der Waals surface area contributed by atoms with Crippen molar-refractivity contribution in [1.29, 1.82) is 0 Å². The molecule has 0 aliphatic rings. The van der Waals surface area contributed by atoms with Crippen molar-refractivity contribution in [2.24, 2.45) is 11.7 Å². The maximum atomic E-state index is 12.0. The van der Waals surface area contributed by atoms with Gasteiger partial charge >= 0.3 is 0 Å². The third-order valence-electron chi connectivity index (χ3n) is 2.41. The standard InChI is InChI=1S/C12H26N2O/c1-6-7-14(10(4)5)12(15)11(13)8-9(2)3/h9-11H,6-8,13H2,1-5H3. The van der Waals surface area contributed by atoms with E-state index in [1.165, 1.54) is 0 Å². The Balaban J connectivity index is 4.35. The van der Waals surface area contributed by atoms with E-state index in [4.69, 9.17) is 5.73 Å². The van der Waals surface area contributed by atoms with E-state index < -0.39 is 0 Å². The highest BCUT2D eigenvalue weighted by Gasteiger charge is 2.22. The molecule has 90 valence electrons. The first kappa shape index (κ1) is 14.4.